The highest BCUT2D eigenvalue weighted by atomic mass is 19.1. The van der Waals surface area contributed by atoms with Crippen molar-refractivity contribution >= 4 is 12.0 Å². The average Bonchev–Trinajstić information content (AvgIpc) is 2.56. The molecule has 7 heteroatoms. The highest BCUT2D eigenvalue weighted by Gasteiger charge is 2.32. The Kier molecular flexibility index (Phi) is 6.52. The monoisotopic (exact) mass is 350 g/mol. The van der Waals surface area contributed by atoms with Gasteiger partial charge in [0.15, 0.2) is 0 Å². The van der Waals surface area contributed by atoms with Gasteiger partial charge in [-0.3, -0.25) is 0 Å². The van der Waals surface area contributed by atoms with Crippen molar-refractivity contribution < 1.29 is 23.6 Å². The van der Waals surface area contributed by atoms with E-state index < -0.39 is 5.97 Å². The van der Waals surface area contributed by atoms with Crippen LogP contribution in [-0.2, 0) is 16.1 Å². The van der Waals surface area contributed by atoms with Crippen molar-refractivity contribution in [3.8, 4) is 0 Å². The topological polar surface area (TPSA) is 71.9 Å². The fourth-order valence-electron chi connectivity index (χ4n) is 2.93. The van der Waals surface area contributed by atoms with E-state index in [0.717, 1.165) is 4.90 Å². The van der Waals surface area contributed by atoms with Gasteiger partial charge in [-0.25, -0.2) is 14.0 Å². The van der Waals surface area contributed by atoms with Gasteiger partial charge in [-0.1, -0.05) is 25.1 Å². The van der Waals surface area contributed by atoms with Crippen LogP contribution in [0.25, 0.3) is 0 Å². The summed E-state index contributed by atoms with van der Waals surface area (Å²) >= 11 is 0. The third kappa shape index (κ3) is 4.79. The molecule has 0 aliphatic carbocycles. The Morgan fingerprint density at radius 1 is 1.28 bits per heavy atom. The molecule has 2 rings (SSSR count). The Morgan fingerprint density at radius 3 is 2.64 bits per heavy atom. The molecule has 1 aromatic carbocycles. The van der Waals surface area contributed by atoms with E-state index in [9.17, 15) is 14.0 Å². The lowest BCUT2D eigenvalue weighted by molar-refractivity contribution is -0.889. The first-order valence-electron chi connectivity index (χ1n) is 8.48. The molecule has 2 amide bonds. The fourth-order valence-corrected chi connectivity index (χ4v) is 2.93. The minimum absolute atomic E-state index is 0.262. The number of amides is 2. The van der Waals surface area contributed by atoms with Crippen LogP contribution in [0.3, 0.4) is 0 Å². The van der Waals surface area contributed by atoms with Crippen LogP contribution in [0.2, 0.25) is 0 Å². The molecule has 0 radical (unpaired) electrons. The minimum Gasteiger partial charge on any atom is -0.463 e. The number of carbonyl (C=O) groups is 2. The summed E-state index contributed by atoms with van der Waals surface area (Å²) in [6.45, 7) is 4.71. The summed E-state index contributed by atoms with van der Waals surface area (Å²) in [5.74, 6) is -0.697. The summed E-state index contributed by atoms with van der Waals surface area (Å²) in [6.07, 6.45) is 0.581. The van der Waals surface area contributed by atoms with Crippen LogP contribution in [0.5, 0.6) is 0 Å². The molecular formula is C18H25FN3O3+. The number of carbonyl (C=O) groups excluding carboxylic acids is 2. The van der Waals surface area contributed by atoms with Crippen LogP contribution in [0.4, 0.5) is 9.18 Å². The molecule has 2 atom stereocenters. The SMILES string of the molecule is CCOC(=O)C1=C(C[NH+](C)Cc2ccccc2F)NC(=O)N[C@@H]1CC. The van der Waals surface area contributed by atoms with E-state index in [1.54, 1.807) is 25.1 Å². The predicted octanol–water partition coefficient (Wildman–Crippen LogP) is 0.749. The highest BCUT2D eigenvalue weighted by molar-refractivity contribution is 5.94. The summed E-state index contributed by atoms with van der Waals surface area (Å²) in [5, 5.41) is 5.46. The lowest BCUT2D eigenvalue weighted by Gasteiger charge is -2.29. The maximum Gasteiger partial charge on any atom is 0.338 e. The summed E-state index contributed by atoms with van der Waals surface area (Å²) in [7, 11) is 1.89. The van der Waals surface area contributed by atoms with Gasteiger partial charge in [0, 0.05) is 5.56 Å². The number of benzene rings is 1. The van der Waals surface area contributed by atoms with Crippen molar-refractivity contribution in [2.45, 2.75) is 32.9 Å². The van der Waals surface area contributed by atoms with Gasteiger partial charge in [0.2, 0.25) is 0 Å². The molecule has 25 heavy (non-hydrogen) atoms. The number of quaternary nitrogens is 1. The number of hydrogen-bond acceptors (Lipinski definition) is 3. The smallest absolute Gasteiger partial charge is 0.338 e. The number of halogens is 1. The van der Waals surface area contributed by atoms with Crippen LogP contribution in [0.15, 0.2) is 35.5 Å². The molecule has 0 bridgehead atoms. The van der Waals surface area contributed by atoms with Gasteiger partial charge in [-0.15, -0.1) is 0 Å². The van der Waals surface area contributed by atoms with E-state index in [1.165, 1.54) is 6.07 Å². The zero-order valence-electron chi connectivity index (χ0n) is 14.8. The maximum absolute atomic E-state index is 13.8. The number of hydrogen-bond donors (Lipinski definition) is 3. The fraction of sp³-hybridized carbons (Fsp3) is 0.444. The summed E-state index contributed by atoms with van der Waals surface area (Å²) < 4.78 is 19.0. The third-order valence-corrected chi connectivity index (χ3v) is 4.08. The van der Waals surface area contributed by atoms with Crippen molar-refractivity contribution in [2.24, 2.45) is 0 Å². The van der Waals surface area contributed by atoms with Gasteiger partial charge >= 0.3 is 12.0 Å². The molecule has 1 unspecified atom stereocenters. The Bertz CT molecular complexity index is 675. The van der Waals surface area contributed by atoms with Crippen molar-refractivity contribution in [3.05, 3.63) is 46.9 Å². The lowest BCUT2D eigenvalue weighted by Crippen LogP contribution is -3.08. The van der Waals surface area contributed by atoms with Gasteiger partial charge in [0.1, 0.15) is 18.9 Å². The molecule has 0 saturated carbocycles. The van der Waals surface area contributed by atoms with Crippen LogP contribution in [-0.4, -0.2) is 38.2 Å². The second-order valence-corrected chi connectivity index (χ2v) is 6.07. The summed E-state index contributed by atoms with van der Waals surface area (Å²) in [5.41, 5.74) is 1.56. The molecule has 0 saturated heterocycles. The van der Waals surface area contributed by atoms with Gasteiger partial charge in [0.25, 0.3) is 0 Å². The molecule has 1 aromatic rings. The second-order valence-electron chi connectivity index (χ2n) is 6.07. The van der Waals surface area contributed by atoms with Crippen molar-refractivity contribution in [2.75, 3.05) is 20.2 Å². The zero-order chi connectivity index (χ0) is 18.4. The average molecular weight is 350 g/mol. The van der Waals surface area contributed by atoms with Crippen LogP contribution < -0.4 is 15.5 Å². The van der Waals surface area contributed by atoms with E-state index in [1.807, 2.05) is 14.0 Å². The molecule has 0 aromatic heterocycles. The Labute approximate surface area is 147 Å². The molecule has 1 aliphatic heterocycles. The van der Waals surface area contributed by atoms with Crippen molar-refractivity contribution in [1.29, 1.82) is 0 Å². The maximum atomic E-state index is 13.8. The van der Waals surface area contributed by atoms with Crippen LogP contribution in [0, 0.1) is 5.82 Å². The molecule has 6 nitrogen and oxygen atoms in total. The van der Waals surface area contributed by atoms with E-state index >= 15 is 0 Å². The van der Waals surface area contributed by atoms with Crippen LogP contribution >= 0.6 is 0 Å². The van der Waals surface area contributed by atoms with E-state index in [4.69, 9.17) is 4.74 Å². The predicted molar refractivity (Wildman–Crippen MR) is 91.3 cm³/mol. The number of ether oxygens (including phenoxy) is 1. The standard InChI is InChI=1S/C18H24FN3O3/c1-4-14-16(17(23)25-5-2)15(21-18(24)20-14)11-22(3)10-12-8-6-7-9-13(12)19/h6-9,14H,4-5,10-11H2,1-3H3,(H2,20,21,24)/p+1/t14-/m1/s1. The lowest BCUT2D eigenvalue weighted by atomic mass is 10.00. The molecule has 3 N–H and O–H groups in total. The van der Waals surface area contributed by atoms with Gasteiger partial charge in [-0.05, 0) is 19.4 Å². The molecule has 0 fully saturated rings. The number of nitrogens with one attached hydrogen (secondary N) is 3. The van der Waals surface area contributed by atoms with Gasteiger partial charge in [0.05, 0.1) is 31.0 Å². The third-order valence-electron chi connectivity index (χ3n) is 4.08. The molecule has 136 valence electrons. The molecule has 1 heterocycles. The Hall–Kier alpha value is -2.41. The Balaban J connectivity index is 2.23. The Morgan fingerprint density at radius 2 is 2.00 bits per heavy atom. The molecular weight excluding hydrogens is 325 g/mol. The minimum atomic E-state index is -0.435. The van der Waals surface area contributed by atoms with E-state index in [-0.39, 0.29) is 24.5 Å². The van der Waals surface area contributed by atoms with E-state index in [0.29, 0.717) is 36.3 Å². The first-order valence-corrected chi connectivity index (χ1v) is 8.48. The highest BCUT2D eigenvalue weighted by Crippen LogP contribution is 2.16. The van der Waals surface area contributed by atoms with Crippen molar-refractivity contribution in [3.63, 3.8) is 0 Å². The molecule has 1 aliphatic rings. The summed E-state index contributed by atoms with van der Waals surface area (Å²) in [6, 6.07) is 5.86. The number of likely N-dealkylation sites (N-methyl/N-ethyl adjacent to an activating group) is 1. The van der Waals surface area contributed by atoms with Crippen LogP contribution in [0.1, 0.15) is 25.8 Å². The largest absolute Gasteiger partial charge is 0.463 e. The normalized spacial score (nSPS) is 18.4. The first kappa shape index (κ1) is 18.9. The zero-order valence-corrected chi connectivity index (χ0v) is 14.8. The number of esters is 1. The second kappa shape index (κ2) is 8.62. The van der Waals surface area contributed by atoms with Gasteiger partial charge in [-0.2, -0.15) is 0 Å². The quantitative estimate of drug-likeness (QED) is 0.636. The number of rotatable bonds is 7. The summed E-state index contributed by atoms with van der Waals surface area (Å²) in [4.78, 5) is 25.2. The molecule has 0 spiro atoms. The van der Waals surface area contributed by atoms with Gasteiger partial charge < -0.3 is 20.3 Å². The first-order chi connectivity index (χ1) is 12.0. The van der Waals surface area contributed by atoms with Crippen molar-refractivity contribution in [1.82, 2.24) is 10.6 Å². The number of urea groups is 1. The van der Waals surface area contributed by atoms with E-state index in [2.05, 4.69) is 10.6 Å².